The summed E-state index contributed by atoms with van der Waals surface area (Å²) in [4.78, 5) is 0. The summed E-state index contributed by atoms with van der Waals surface area (Å²) >= 11 is 0. The first-order valence-electron chi connectivity index (χ1n) is 12.7. The molecular weight excluding hydrogens is 374 g/mol. The molecule has 0 N–H and O–H groups in total. The van der Waals surface area contributed by atoms with E-state index in [4.69, 9.17) is 0 Å². The Bertz CT molecular complexity index is 689. The Balaban J connectivity index is 1.27. The lowest BCUT2D eigenvalue weighted by atomic mass is 9.65. The Hall–Kier alpha value is -1.18. The normalized spacial score (nSPS) is 35.6. The second-order valence-corrected chi connectivity index (χ2v) is 10.7. The molecule has 0 amide bonds. The molecule has 0 bridgehead atoms. The van der Waals surface area contributed by atoms with Gasteiger partial charge in [0.25, 0.3) is 0 Å². The number of benzene rings is 1. The SMILES string of the molecule is C/C=C/c1c(F)cc(C2CCC(C3CCC(C4CCC(C)CC4)CC3)CC2)cc1F. The fourth-order valence-electron chi connectivity index (χ4n) is 6.93. The van der Waals surface area contributed by atoms with E-state index in [1.807, 2.05) is 0 Å². The van der Waals surface area contributed by atoms with Crippen molar-refractivity contribution in [3.63, 3.8) is 0 Å². The molecule has 3 aliphatic rings. The summed E-state index contributed by atoms with van der Waals surface area (Å²) in [6.45, 7) is 4.21. The van der Waals surface area contributed by atoms with E-state index in [0.29, 0.717) is 5.92 Å². The maximum absolute atomic E-state index is 14.3. The highest BCUT2D eigenvalue weighted by atomic mass is 19.1. The van der Waals surface area contributed by atoms with Crippen LogP contribution in [0.15, 0.2) is 18.2 Å². The van der Waals surface area contributed by atoms with Gasteiger partial charge < -0.3 is 0 Å². The van der Waals surface area contributed by atoms with Crippen LogP contribution in [0, 0.1) is 41.2 Å². The van der Waals surface area contributed by atoms with E-state index in [1.165, 1.54) is 70.3 Å². The molecule has 0 aliphatic heterocycles. The lowest BCUT2D eigenvalue weighted by Gasteiger charge is -2.41. The van der Waals surface area contributed by atoms with Crippen LogP contribution in [0.4, 0.5) is 8.78 Å². The topological polar surface area (TPSA) is 0 Å². The van der Waals surface area contributed by atoms with E-state index in [0.717, 1.165) is 48.0 Å². The van der Waals surface area contributed by atoms with Crippen molar-refractivity contribution in [3.05, 3.63) is 41.0 Å². The molecule has 3 fully saturated rings. The number of halogens is 2. The molecule has 0 radical (unpaired) electrons. The average Bonchev–Trinajstić information content (AvgIpc) is 2.77. The number of hydrogen-bond acceptors (Lipinski definition) is 0. The van der Waals surface area contributed by atoms with Gasteiger partial charge in [0.05, 0.1) is 0 Å². The van der Waals surface area contributed by atoms with Gasteiger partial charge in [-0.15, -0.1) is 0 Å². The van der Waals surface area contributed by atoms with Crippen LogP contribution < -0.4 is 0 Å². The predicted octanol–water partition coefficient (Wildman–Crippen LogP) is 8.90. The lowest BCUT2D eigenvalue weighted by molar-refractivity contribution is 0.112. The number of allylic oxidation sites excluding steroid dienone is 1. The second-order valence-electron chi connectivity index (χ2n) is 10.7. The third-order valence-electron chi connectivity index (χ3n) is 8.89. The largest absolute Gasteiger partial charge is 0.206 e. The summed E-state index contributed by atoms with van der Waals surface area (Å²) in [5.41, 5.74) is 0.964. The monoisotopic (exact) mass is 414 g/mol. The fourth-order valence-corrected chi connectivity index (χ4v) is 6.93. The molecule has 0 heterocycles. The molecule has 1 aromatic carbocycles. The van der Waals surface area contributed by atoms with E-state index in [9.17, 15) is 8.78 Å². The second kappa shape index (κ2) is 9.96. The third kappa shape index (κ3) is 5.00. The van der Waals surface area contributed by atoms with Crippen LogP contribution >= 0.6 is 0 Å². The third-order valence-corrected chi connectivity index (χ3v) is 8.89. The van der Waals surface area contributed by atoms with Crippen molar-refractivity contribution in [2.45, 2.75) is 96.8 Å². The molecule has 3 saturated carbocycles. The maximum atomic E-state index is 14.3. The van der Waals surface area contributed by atoms with Crippen molar-refractivity contribution in [3.8, 4) is 0 Å². The molecule has 0 saturated heterocycles. The van der Waals surface area contributed by atoms with Gasteiger partial charge in [0, 0.05) is 5.56 Å². The minimum Gasteiger partial charge on any atom is -0.206 e. The zero-order valence-electron chi connectivity index (χ0n) is 19.0. The summed E-state index contributed by atoms with van der Waals surface area (Å²) in [5.74, 6) is 4.18. The first-order chi connectivity index (χ1) is 14.5. The minimum absolute atomic E-state index is 0.0964. The zero-order valence-corrected chi connectivity index (χ0v) is 19.0. The van der Waals surface area contributed by atoms with E-state index < -0.39 is 11.6 Å². The molecule has 0 aromatic heterocycles. The first kappa shape index (κ1) is 22.0. The first-order valence-corrected chi connectivity index (χ1v) is 12.7. The molecule has 1 aromatic rings. The summed E-state index contributed by atoms with van der Waals surface area (Å²) in [6, 6.07) is 3.17. The Morgan fingerprint density at radius 3 is 1.50 bits per heavy atom. The number of rotatable bonds is 4. The number of hydrogen-bond donors (Lipinski definition) is 0. The van der Waals surface area contributed by atoms with Gasteiger partial charge in [0.2, 0.25) is 0 Å². The maximum Gasteiger partial charge on any atom is 0.133 e. The van der Waals surface area contributed by atoms with Crippen LogP contribution in [0.3, 0.4) is 0 Å². The molecule has 0 nitrogen and oxygen atoms in total. The predicted molar refractivity (Wildman–Crippen MR) is 122 cm³/mol. The molecule has 0 atom stereocenters. The van der Waals surface area contributed by atoms with E-state index in [2.05, 4.69) is 6.92 Å². The van der Waals surface area contributed by atoms with Gasteiger partial charge in [-0.2, -0.15) is 0 Å². The summed E-state index contributed by atoms with van der Waals surface area (Å²) in [5, 5.41) is 0. The molecular formula is C28H40F2. The molecule has 0 spiro atoms. The van der Waals surface area contributed by atoms with Gasteiger partial charge in [-0.05, 0) is 124 Å². The Morgan fingerprint density at radius 1 is 0.667 bits per heavy atom. The van der Waals surface area contributed by atoms with E-state index in [-0.39, 0.29) is 5.56 Å². The summed E-state index contributed by atoms with van der Waals surface area (Å²) < 4.78 is 28.7. The van der Waals surface area contributed by atoms with Gasteiger partial charge >= 0.3 is 0 Å². The van der Waals surface area contributed by atoms with Gasteiger partial charge in [0.1, 0.15) is 11.6 Å². The summed E-state index contributed by atoms with van der Waals surface area (Å²) in [6.07, 6.45) is 19.5. The van der Waals surface area contributed by atoms with Crippen molar-refractivity contribution in [2.75, 3.05) is 0 Å². The molecule has 166 valence electrons. The van der Waals surface area contributed by atoms with Gasteiger partial charge in [-0.3, -0.25) is 0 Å². The van der Waals surface area contributed by atoms with Crippen LogP contribution in [0.2, 0.25) is 0 Å². The van der Waals surface area contributed by atoms with Crippen molar-refractivity contribution in [1.82, 2.24) is 0 Å². The molecule has 2 heteroatoms. The smallest absolute Gasteiger partial charge is 0.133 e. The van der Waals surface area contributed by atoms with Crippen LogP contribution in [-0.2, 0) is 0 Å². The Labute approximate surface area is 182 Å². The lowest BCUT2D eigenvalue weighted by Crippen LogP contribution is -2.29. The molecule has 30 heavy (non-hydrogen) atoms. The quantitative estimate of drug-likeness (QED) is 0.461. The Morgan fingerprint density at radius 2 is 1.07 bits per heavy atom. The minimum atomic E-state index is -0.416. The van der Waals surface area contributed by atoms with Crippen LogP contribution in [-0.4, -0.2) is 0 Å². The Kier molecular flexibility index (Phi) is 7.32. The van der Waals surface area contributed by atoms with Crippen LogP contribution in [0.25, 0.3) is 6.08 Å². The van der Waals surface area contributed by atoms with E-state index >= 15 is 0 Å². The van der Waals surface area contributed by atoms with Crippen molar-refractivity contribution < 1.29 is 8.78 Å². The molecule has 3 aliphatic carbocycles. The fraction of sp³-hybridized carbons (Fsp3) is 0.714. The van der Waals surface area contributed by atoms with Crippen LogP contribution in [0.5, 0.6) is 0 Å². The summed E-state index contributed by atoms with van der Waals surface area (Å²) in [7, 11) is 0. The molecule has 4 rings (SSSR count). The van der Waals surface area contributed by atoms with Crippen molar-refractivity contribution >= 4 is 6.08 Å². The average molecular weight is 415 g/mol. The highest BCUT2D eigenvalue weighted by Crippen LogP contribution is 2.47. The zero-order chi connectivity index (χ0) is 21.1. The van der Waals surface area contributed by atoms with Crippen molar-refractivity contribution in [1.29, 1.82) is 0 Å². The highest BCUT2D eigenvalue weighted by molar-refractivity contribution is 5.51. The molecule has 0 unspecified atom stereocenters. The van der Waals surface area contributed by atoms with E-state index in [1.54, 1.807) is 25.1 Å². The van der Waals surface area contributed by atoms with Gasteiger partial charge in [0.15, 0.2) is 0 Å². The standard InChI is InChI=1S/C28H40F2/c1-3-4-26-27(29)17-25(18-28(26)30)24-15-13-23(14-16-24)22-11-9-21(10-12-22)20-7-5-19(2)6-8-20/h3-4,17-24H,5-16H2,1-2H3/b4-3+. The van der Waals surface area contributed by atoms with Crippen molar-refractivity contribution in [2.24, 2.45) is 29.6 Å². The van der Waals surface area contributed by atoms with Gasteiger partial charge in [-0.1, -0.05) is 31.9 Å². The van der Waals surface area contributed by atoms with Crippen LogP contribution in [0.1, 0.15) is 108 Å². The highest BCUT2D eigenvalue weighted by Gasteiger charge is 2.34. The van der Waals surface area contributed by atoms with Gasteiger partial charge in [-0.25, -0.2) is 8.78 Å².